The topological polar surface area (TPSA) is 93.3 Å². The molecule has 0 aliphatic carbocycles. The van der Waals surface area contributed by atoms with Crippen molar-refractivity contribution in [3.05, 3.63) is 28.8 Å². The fraction of sp³-hybridized carbons (Fsp3) is 0.462. The third-order valence-corrected chi connectivity index (χ3v) is 2.73. The van der Waals surface area contributed by atoms with E-state index in [9.17, 15) is 5.11 Å². The molecule has 1 aromatic rings. The van der Waals surface area contributed by atoms with Gasteiger partial charge in [-0.15, -0.1) is 0 Å². The van der Waals surface area contributed by atoms with E-state index in [-0.39, 0.29) is 25.6 Å². The van der Waals surface area contributed by atoms with Crippen molar-refractivity contribution in [1.82, 2.24) is 0 Å². The van der Waals surface area contributed by atoms with E-state index in [1.165, 1.54) is 6.21 Å². The van der Waals surface area contributed by atoms with Crippen LogP contribution in [0.5, 0.6) is 5.75 Å². The summed E-state index contributed by atoms with van der Waals surface area (Å²) in [5.74, 6) is -0.0370. The first-order valence-corrected chi connectivity index (χ1v) is 5.66. The Morgan fingerprint density at radius 2 is 1.83 bits per heavy atom. The molecular weight excluding hydrogens is 234 g/mol. The Morgan fingerprint density at radius 1 is 1.22 bits per heavy atom. The zero-order valence-electron chi connectivity index (χ0n) is 10.6. The van der Waals surface area contributed by atoms with E-state index < -0.39 is 5.54 Å². The highest BCUT2D eigenvalue weighted by atomic mass is 16.3. The van der Waals surface area contributed by atoms with Crippen molar-refractivity contribution < 1.29 is 20.4 Å². The Kier molecular flexibility index (Phi) is 4.84. The van der Waals surface area contributed by atoms with Gasteiger partial charge in [0.15, 0.2) is 0 Å². The quantitative estimate of drug-likeness (QED) is 0.570. The second-order valence-corrected chi connectivity index (χ2v) is 4.59. The summed E-state index contributed by atoms with van der Waals surface area (Å²) < 4.78 is 0. The summed E-state index contributed by atoms with van der Waals surface area (Å²) in [7, 11) is 0. The van der Waals surface area contributed by atoms with Gasteiger partial charge in [-0.3, -0.25) is 4.99 Å². The van der Waals surface area contributed by atoms with E-state index >= 15 is 0 Å². The molecule has 0 aromatic heterocycles. The minimum absolute atomic E-state index is 0.0370. The first-order valence-electron chi connectivity index (χ1n) is 5.66. The maximum atomic E-state index is 9.88. The molecule has 1 aromatic carbocycles. The Hall–Kier alpha value is -1.43. The highest BCUT2D eigenvalue weighted by Gasteiger charge is 2.20. The van der Waals surface area contributed by atoms with Gasteiger partial charge in [-0.05, 0) is 25.5 Å². The smallest absolute Gasteiger partial charge is 0.129 e. The Morgan fingerprint density at radius 3 is 2.33 bits per heavy atom. The molecule has 0 spiro atoms. The number of hydrogen-bond donors (Lipinski definition) is 4. The summed E-state index contributed by atoms with van der Waals surface area (Å²) in [6, 6.07) is 3.40. The van der Waals surface area contributed by atoms with Gasteiger partial charge in [0.1, 0.15) is 11.3 Å². The largest absolute Gasteiger partial charge is 0.507 e. The van der Waals surface area contributed by atoms with Gasteiger partial charge in [-0.1, -0.05) is 6.07 Å². The average molecular weight is 253 g/mol. The zero-order chi connectivity index (χ0) is 13.8. The summed E-state index contributed by atoms with van der Waals surface area (Å²) in [4.78, 5) is 4.07. The molecule has 0 radical (unpaired) electrons. The van der Waals surface area contributed by atoms with Crippen LogP contribution < -0.4 is 0 Å². The van der Waals surface area contributed by atoms with E-state index in [4.69, 9.17) is 15.3 Å². The van der Waals surface area contributed by atoms with Crippen molar-refractivity contribution in [2.24, 2.45) is 4.99 Å². The SMILES string of the molecule is Cc1cc(C=NC(C)(CO)CO)c(O)c(CO)c1. The summed E-state index contributed by atoms with van der Waals surface area (Å²) in [6.07, 6.45) is 1.40. The lowest BCUT2D eigenvalue weighted by Crippen LogP contribution is -2.31. The number of nitrogens with zero attached hydrogens (tertiary/aromatic N) is 1. The molecule has 1 rings (SSSR count). The number of aromatic hydroxyl groups is 1. The summed E-state index contributed by atoms with van der Waals surface area (Å²) >= 11 is 0. The zero-order valence-corrected chi connectivity index (χ0v) is 10.6. The lowest BCUT2D eigenvalue weighted by molar-refractivity contribution is 0.136. The normalized spacial score (nSPS) is 12.3. The third kappa shape index (κ3) is 3.29. The van der Waals surface area contributed by atoms with Crippen molar-refractivity contribution in [3.63, 3.8) is 0 Å². The predicted octanol–water partition coefficient (Wildman–Crippen LogP) is 0.355. The maximum absolute atomic E-state index is 9.88. The number of rotatable bonds is 5. The molecule has 100 valence electrons. The van der Waals surface area contributed by atoms with Gasteiger partial charge in [0.2, 0.25) is 0 Å². The summed E-state index contributed by atoms with van der Waals surface area (Å²) in [5, 5.41) is 37.2. The highest BCUT2D eigenvalue weighted by Crippen LogP contribution is 2.23. The Balaban J connectivity index is 3.11. The van der Waals surface area contributed by atoms with Crippen LogP contribution in [0.25, 0.3) is 0 Å². The van der Waals surface area contributed by atoms with Gasteiger partial charge < -0.3 is 20.4 Å². The molecule has 0 bridgehead atoms. The molecule has 5 heteroatoms. The molecule has 0 saturated heterocycles. The maximum Gasteiger partial charge on any atom is 0.129 e. The fourth-order valence-corrected chi connectivity index (χ4v) is 1.46. The van der Waals surface area contributed by atoms with Crippen molar-refractivity contribution in [2.45, 2.75) is 26.0 Å². The summed E-state index contributed by atoms with van der Waals surface area (Å²) in [6.45, 7) is 2.60. The lowest BCUT2D eigenvalue weighted by atomic mass is 10.0. The highest BCUT2D eigenvalue weighted by molar-refractivity contribution is 5.84. The molecule has 4 N–H and O–H groups in total. The molecule has 5 nitrogen and oxygen atoms in total. The van der Waals surface area contributed by atoms with Crippen LogP contribution in [0.2, 0.25) is 0 Å². The number of aliphatic hydroxyl groups is 3. The van der Waals surface area contributed by atoms with Gasteiger partial charge in [0.25, 0.3) is 0 Å². The molecular formula is C13H19NO4. The molecule has 0 amide bonds. The van der Waals surface area contributed by atoms with Gasteiger partial charge in [-0.2, -0.15) is 0 Å². The Labute approximate surface area is 106 Å². The minimum atomic E-state index is -0.977. The van der Waals surface area contributed by atoms with Crippen LogP contribution in [0.15, 0.2) is 17.1 Å². The second kappa shape index (κ2) is 5.95. The molecule has 0 heterocycles. The molecule has 0 atom stereocenters. The van der Waals surface area contributed by atoms with Crippen LogP contribution in [0.4, 0.5) is 0 Å². The molecule has 0 aliphatic rings. The van der Waals surface area contributed by atoms with Gasteiger partial charge in [0, 0.05) is 17.3 Å². The van der Waals surface area contributed by atoms with Crippen molar-refractivity contribution in [3.8, 4) is 5.75 Å². The van der Waals surface area contributed by atoms with Crippen molar-refractivity contribution in [1.29, 1.82) is 0 Å². The molecule has 0 aliphatic heterocycles. The van der Waals surface area contributed by atoms with Crippen LogP contribution in [-0.4, -0.2) is 45.4 Å². The van der Waals surface area contributed by atoms with E-state index in [1.54, 1.807) is 19.1 Å². The lowest BCUT2D eigenvalue weighted by Gasteiger charge is -2.19. The monoisotopic (exact) mass is 253 g/mol. The van der Waals surface area contributed by atoms with E-state index in [0.717, 1.165) is 5.56 Å². The van der Waals surface area contributed by atoms with E-state index in [2.05, 4.69) is 4.99 Å². The van der Waals surface area contributed by atoms with Crippen molar-refractivity contribution in [2.75, 3.05) is 13.2 Å². The van der Waals surface area contributed by atoms with Crippen LogP contribution in [-0.2, 0) is 6.61 Å². The van der Waals surface area contributed by atoms with Crippen molar-refractivity contribution >= 4 is 6.21 Å². The fourth-order valence-electron chi connectivity index (χ4n) is 1.46. The van der Waals surface area contributed by atoms with E-state index in [1.807, 2.05) is 6.92 Å². The first-order chi connectivity index (χ1) is 8.45. The Bertz CT molecular complexity index is 439. The first kappa shape index (κ1) is 14.6. The number of phenols is 1. The predicted molar refractivity (Wildman–Crippen MR) is 68.9 cm³/mol. The standard InChI is InChI=1S/C13H19NO4/c1-9-3-10(12(18)11(4-9)6-15)5-14-13(2,7-16)8-17/h3-5,15-18H,6-8H2,1-2H3. The van der Waals surface area contributed by atoms with Crippen LogP contribution in [0.3, 0.4) is 0 Å². The second-order valence-electron chi connectivity index (χ2n) is 4.59. The van der Waals surface area contributed by atoms with Gasteiger partial charge in [0.05, 0.1) is 19.8 Å². The third-order valence-electron chi connectivity index (χ3n) is 2.73. The number of benzene rings is 1. The van der Waals surface area contributed by atoms with Gasteiger partial charge >= 0.3 is 0 Å². The number of aliphatic imine (C=N–C) groups is 1. The number of aryl methyl sites for hydroxylation is 1. The van der Waals surface area contributed by atoms with Crippen LogP contribution in [0, 0.1) is 6.92 Å². The minimum Gasteiger partial charge on any atom is -0.507 e. The van der Waals surface area contributed by atoms with Gasteiger partial charge in [-0.25, -0.2) is 0 Å². The van der Waals surface area contributed by atoms with E-state index in [0.29, 0.717) is 11.1 Å². The van der Waals surface area contributed by atoms with Crippen LogP contribution >= 0.6 is 0 Å². The summed E-state index contributed by atoms with van der Waals surface area (Å²) in [5.41, 5.74) is 0.779. The van der Waals surface area contributed by atoms with Crippen LogP contribution in [0.1, 0.15) is 23.6 Å². The average Bonchev–Trinajstić information content (AvgIpc) is 2.38. The molecule has 0 unspecified atom stereocenters. The molecule has 0 fully saturated rings. The number of aliphatic hydroxyl groups excluding tert-OH is 3. The molecule has 18 heavy (non-hydrogen) atoms. The number of hydrogen-bond acceptors (Lipinski definition) is 5. The molecule has 0 saturated carbocycles.